The highest BCUT2D eigenvalue weighted by Gasteiger charge is 2.10. The van der Waals surface area contributed by atoms with Gasteiger partial charge < -0.3 is 15.4 Å². The van der Waals surface area contributed by atoms with Crippen LogP contribution in [0.5, 0.6) is 0 Å². The third-order valence-corrected chi connectivity index (χ3v) is 3.57. The SMILES string of the molecule is CCCOC(=O)c1ccc(NC(=O)CNC(=O)c2cccc(Cl)c2)cc1. The van der Waals surface area contributed by atoms with E-state index in [1.54, 1.807) is 42.5 Å². The number of anilines is 1. The Balaban J connectivity index is 1.84. The largest absolute Gasteiger partial charge is 0.462 e. The summed E-state index contributed by atoms with van der Waals surface area (Å²) in [4.78, 5) is 35.6. The average molecular weight is 375 g/mol. The molecule has 2 amide bonds. The van der Waals surface area contributed by atoms with Gasteiger partial charge in [0.05, 0.1) is 18.7 Å². The molecule has 7 heteroatoms. The highest BCUT2D eigenvalue weighted by Crippen LogP contribution is 2.11. The van der Waals surface area contributed by atoms with Crippen LogP contribution in [0.25, 0.3) is 0 Å². The van der Waals surface area contributed by atoms with Gasteiger partial charge in [0.25, 0.3) is 5.91 Å². The van der Waals surface area contributed by atoms with Crippen LogP contribution in [0, 0.1) is 0 Å². The molecule has 0 unspecified atom stereocenters. The van der Waals surface area contributed by atoms with Gasteiger partial charge in [0.1, 0.15) is 0 Å². The Kier molecular flexibility index (Phi) is 7.17. The molecule has 0 aliphatic rings. The second kappa shape index (κ2) is 9.58. The van der Waals surface area contributed by atoms with E-state index >= 15 is 0 Å². The number of benzene rings is 2. The Morgan fingerprint density at radius 1 is 1.04 bits per heavy atom. The van der Waals surface area contributed by atoms with E-state index < -0.39 is 11.9 Å². The van der Waals surface area contributed by atoms with Gasteiger partial charge in [-0.05, 0) is 48.9 Å². The van der Waals surface area contributed by atoms with Crippen molar-refractivity contribution >= 4 is 35.1 Å². The second-order valence-corrected chi connectivity index (χ2v) is 5.89. The quantitative estimate of drug-likeness (QED) is 0.728. The Morgan fingerprint density at radius 3 is 2.42 bits per heavy atom. The van der Waals surface area contributed by atoms with Crippen LogP contribution in [-0.4, -0.2) is 30.9 Å². The summed E-state index contributed by atoms with van der Waals surface area (Å²) >= 11 is 5.83. The van der Waals surface area contributed by atoms with Crippen LogP contribution < -0.4 is 10.6 Å². The minimum absolute atomic E-state index is 0.189. The molecule has 0 aromatic heterocycles. The van der Waals surface area contributed by atoms with Gasteiger partial charge in [0.2, 0.25) is 5.91 Å². The topological polar surface area (TPSA) is 84.5 Å². The maximum Gasteiger partial charge on any atom is 0.338 e. The summed E-state index contributed by atoms with van der Waals surface area (Å²) < 4.78 is 5.03. The summed E-state index contributed by atoms with van der Waals surface area (Å²) in [6.45, 7) is 2.09. The number of ether oxygens (including phenoxy) is 1. The van der Waals surface area contributed by atoms with E-state index in [9.17, 15) is 14.4 Å². The van der Waals surface area contributed by atoms with Crippen LogP contribution in [0.2, 0.25) is 5.02 Å². The number of rotatable bonds is 7. The molecule has 0 spiro atoms. The first kappa shape index (κ1) is 19.5. The Labute approximate surface area is 156 Å². The number of halogens is 1. The summed E-state index contributed by atoms with van der Waals surface area (Å²) in [6.07, 6.45) is 0.751. The summed E-state index contributed by atoms with van der Waals surface area (Å²) in [7, 11) is 0. The molecule has 0 fully saturated rings. The van der Waals surface area contributed by atoms with Crippen LogP contribution in [0.1, 0.15) is 34.1 Å². The zero-order valence-corrected chi connectivity index (χ0v) is 15.0. The molecule has 2 aromatic carbocycles. The number of carbonyl (C=O) groups excluding carboxylic acids is 3. The van der Waals surface area contributed by atoms with Gasteiger partial charge in [0.15, 0.2) is 0 Å². The lowest BCUT2D eigenvalue weighted by molar-refractivity contribution is -0.115. The minimum atomic E-state index is -0.404. The fourth-order valence-electron chi connectivity index (χ4n) is 2.07. The zero-order chi connectivity index (χ0) is 18.9. The molecule has 136 valence electrons. The molecule has 0 bridgehead atoms. The first-order valence-electron chi connectivity index (χ1n) is 8.10. The molecule has 0 saturated carbocycles. The van der Waals surface area contributed by atoms with Crippen LogP contribution in [0.3, 0.4) is 0 Å². The number of hydrogen-bond donors (Lipinski definition) is 2. The maximum absolute atomic E-state index is 12.0. The van der Waals surface area contributed by atoms with Crippen molar-refractivity contribution in [3.05, 3.63) is 64.7 Å². The van der Waals surface area contributed by atoms with E-state index in [1.165, 1.54) is 6.07 Å². The number of esters is 1. The van der Waals surface area contributed by atoms with E-state index in [4.69, 9.17) is 16.3 Å². The number of hydrogen-bond acceptors (Lipinski definition) is 4. The van der Waals surface area contributed by atoms with Gasteiger partial charge >= 0.3 is 5.97 Å². The van der Waals surface area contributed by atoms with E-state index in [0.717, 1.165) is 6.42 Å². The molecular formula is C19H19ClN2O4. The monoisotopic (exact) mass is 374 g/mol. The van der Waals surface area contributed by atoms with Crippen molar-refractivity contribution in [2.75, 3.05) is 18.5 Å². The predicted octanol–water partition coefficient (Wildman–Crippen LogP) is 3.28. The second-order valence-electron chi connectivity index (χ2n) is 5.45. The van der Waals surface area contributed by atoms with Crippen molar-refractivity contribution in [2.45, 2.75) is 13.3 Å². The summed E-state index contributed by atoms with van der Waals surface area (Å²) in [5.74, 6) is -1.18. The minimum Gasteiger partial charge on any atom is -0.462 e. The molecule has 0 saturated heterocycles. The number of carbonyl (C=O) groups is 3. The molecule has 0 atom stereocenters. The highest BCUT2D eigenvalue weighted by molar-refractivity contribution is 6.31. The molecule has 2 rings (SSSR count). The van der Waals surface area contributed by atoms with Crippen molar-refractivity contribution in [2.24, 2.45) is 0 Å². The molecule has 0 radical (unpaired) electrons. The lowest BCUT2D eigenvalue weighted by Crippen LogP contribution is -2.32. The summed E-state index contributed by atoms with van der Waals surface area (Å²) in [5.41, 5.74) is 1.30. The summed E-state index contributed by atoms with van der Waals surface area (Å²) in [5, 5.41) is 5.60. The molecule has 2 aromatic rings. The zero-order valence-electron chi connectivity index (χ0n) is 14.3. The number of amides is 2. The van der Waals surface area contributed by atoms with Crippen molar-refractivity contribution in [1.29, 1.82) is 0 Å². The Morgan fingerprint density at radius 2 is 1.77 bits per heavy atom. The van der Waals surface area contributed by atoms with Crippen molar-refractivity contribution < 1.29 is 19.1 Å². The van der Waals surface area contributed by atoms with E-state index in [-0.39, 0.29) is 12.5 Å². The first-order chi connectivity index (χ1) is 12.5. The van der Waals surface area contributed by atoms with E-state index in [1.807, 2.05) is 6.92 Å². The third kappa shape index (κ3) is 5.89. The van der Waals surface area contributed by atoms with Crippen molar-refractivity contribution in [3.63, 3.8) is 0 Å². The van der Waals surface area contributed by atoms with Crippen molar-refractivity contribution in [3.8, 4) is 0 Å². The molecule has 2 N–H and O–H groups in total. The smallest absolute Gasteiger partial charge is 0.338 e. The van der Waals surface area contributed by atoms with Gasteiger partial charge in [-0.25, -0.2) is 4.79 Å². The molecule has 0 aliphatic carbocycles. The van der Waals surface area contributed by atoms with Gasteiger partial charge in [-0.3, -0.25) is 9.59 Å². The van der Waals surface area contributed by atoms with Crippen LogP contribution >= 0.6 is 11.6 Å². The lowest BCUT2D eigenvalue weighted by Gasteiger charge is -2.08. The van der Waals surface area contributed by atoms with E-state index in [0.29, 0.717) is 28.4 Å². The fourth-order valence-corrected chi connectivity index (χ4v) is 2.26. The molecule has 0 heterocycles. The van der Waals surface area contributed by atoms with Crippen LogP contribution in [0.4, 0.5) is 5.69 Å². The third-order valence-electron chi connectivity index (χ3n) is 3.34. The lowest BCUT2D eigenvalue weighted by atomic mass is 10.2. The van der Waals surface area contributed by atoms with Crippen LogP contribution in [0.15, 0.2) is 48.5 Å². The molecule has 0 aliphatic heterocycles. The Hall–Kier alpha value is -2.86. The standard InChI is InChI=1S/C19H19ClN2O4/c1-2-10-26-19(25)13-6-8-16(9-7-13)22-17(23)12-21-18(24)14-4-3-5-15(20)11-14/h3-9,11H,2,10,12H2,1H3,(H,21,24)(H,22,23). The van der Waals surface area contributed by atoms with Crippen LogP contribution in [-0.2, 0) is 9.53 Å². The first-order valence-corrected chi connectivity index (χ1v) is 8.48. The normalized spacial score (nSPS) is 10.1. The molecular weight excluding hydrogens is 356 g/mol. The van der Waals surface area contributed by atoms with Crippen molar-refractivity contribution in [1.82, 2.24) is 5.32 Å². The maximum atomic E-state index is 12.0. The molecule has 26 heavy (non-hydrogen) atoms. The van der Waals surface area contributed by atoms with E-state index in [2.05, 4.69) is 10.6 Å². The predicted molar refractivity (Wildman–Crippen MR) is 99.4 cm³/mol. The average Bonchev–Trinajstić information content (AvgIpc) is 2.64. The van der Waals surface area contributed by atoms with Gasteiger partial charge in [0, 0.05) is 16.3 Å². The molecule has 6 nitrogen and oxygen atoms in total. The number of nitrogens with one attached hydrogen (secondary N) is 2. The highest BCUT2D eigenvalue weighted by atomic mass is 35.5. The van der Waals surface area contributed by atoms with Gasteiger partial charge in [-0.2, -0.15) is 0 Å². The fraction of sp³-hybridized carbons (Fsp3) is 0.211. The van der Waals surface area contributed by atoms with Gasteiger partial charge in [-0.1, -0.05) is 24.6 Å². The van der Waals surface area contributed by atoms with Gasteiger partial charge in [-0.15, -0.1) is 0 Å². The summed E-state index contributed by atoms with van der Waals surface area (Å²) in [6, 6.07) is 12.8. The Bertz CT molecular complexity index is 790.